The molecular weight excluding hydrogens is 311 g/mol. The molecule has 1 aliphatic rings. The molecule has 2 aromatic rings. The highest BCUT2D eigenvalue weighted by atomic mass is 35.5. The highest BCUT2D eigenvalue weighted by Gasteiger charge is 2.15. The SMILES string of the molecule is Clc1ccc(N=c2sccn2CC2CCCC2)cc1Cl. The Morgan fingerprint density at radius 3 is 2.75 bits per heavy atom. The average molecular weight is 327 g/mol. The van der Waals surface area contributed by atoms with Crippen LogP contribution < -0.4 is 4.80 Å². The predicted molar refractivity (Wildman–Crippen MR) is 86.0 cm³/mol. The van der Waals surface area contributed by atoms with E-state index in [4.69, 9.17) is 23.2 Å². The molecule has 3 rings (SSSR count). The summed E-state index contributed by atoms with van der Waals surface area (Å²) in [6.45, 7) is 1.07. The van der Waals surface area contributed by atoms with Crippen LogP contribution in [0, 0.1) is 5.92 Å². The van der Waals surface area contributed by atoms with Gasteiger partial charge in [-0.2, -0.15) is 0 Å². The van der Waals surface area contributed by atoms with Crippen LogP contribution >= 0.6 is 34.5 Å². The number of thiazole rings is 1. The molecule has 106 valence electrons. The van der Waals surface area contributed by atoms with Crippen molar-refractivity contribution >= 4 is 40.2 Å². The largest absolute Gasteiger partial charge is 0.323 e. The Kier molecular flexibility index (Phi) is 4.49. The lowest BCUT2D eigenvalue weighted by Gasteiger charge is -2.09. The molecule has 0 bridgehead atoms. The second kappa shape index (κ2) is 6.33. The number of nitrogens with zero attached hydrogens (tertiary/aromatic N) is 2. The number of rotatable bonds is 3. The summed E-state index contributed by atoms with van der Waals surface area (Å²) in [5, 5.41) is 3.20. The van der Waals surface area contributed by atoms with Gasteiger partial charge < -0.3 is 4.57 Å². The summed E-state index contributed by atoms with van der Waals surface area (Å²) < 4.78 is 2.25. The van der Waals surface area contributed by atoms with Crippen molar-refractivity contribution in [3.8, 4) is 0 Å². The van der Waals surface area contributed by atoms with Crippen LogP contribution in [0.2, 0.25) is 10.0 Å². The minimum Gasteiger partial charge on any atom is -0.323 e. The van der Waals surface area contributed by atoms with Crippen LogP contribution in [0.1, 0.15) is 25.7 Å². The molecule has 20 heavy (non-hydrogen) atoms. The van der Waals surface area contributed by atoms with E-state index in [-0.39, 0.29) is 0 Å². The first kappa shape index (κ1) is 14.2. The Labute approximate surface area is 132 Å². The summed E-state index contributed by atoms with van der Waals surface area (Å²) in [5.74, 6) is 0.803. The zero-order chi connectivity index (χ0) is 13.9. The maximum atomic E-state index is 6.04. The van der Waals surface area contributed by atoms with Crippen molar-refractivity contribution in [2.75, 3.05) is 0 Å². The minimum atomic E-state index is 0.548. The van der Waals surface area contributed by atoms with Crippen LogP contribution in [-0.2, 0) is 6.54 Å². The third-order valence-electron chi connectivity index (χ3n) is 3.72. The van der Waals surface area contributed by atoms with Crippen LogP contribution in [-0.4, -0.2) is 4.57 Å². The number of aromatic nitrogens is 1. The summed E-state index contributed by atoms with van der Waals surface area (Å²) in [6.07, 6.45) is 7.55. The third-order valence-corrected chi connectivity index (χ3v) is 5.25. The van der Waals surface area contributed by atoms with Crippen LogP contribution in [0.3, 0.4) is 0 Å². The van der Waals surface area contributed by atoms with Gasteiger partial charge in [-0.3, -0.25) is 0 Å². The summed E-state index contributed by atoms with van der Waals surface area (Å²) in [6, 6.07) is 5.50. The molecule has 5 heteroatoms. The van der Waals surface area contributed by atoms with E-state index < -0.39 is 0 Å². The lowest BCUT2D eigenvalue weighted by molar-refractivity contribution is 0.451. The van der Waals surface area contributed by atoms with Crippen molar-refractivity contribution in [2.24, 2.45) is 10.9 Å². The zero-order valence-electron chi connectivity index (χ0n) is 11.1. The van der Waals surface area contributed by atoms with Gasteiger partial charge in [-0.15, -0.1) is 11.3 Å². The number of hydrogen-bond acceptors (Lipinski definition) is 2. The van der Waals surface area contributed by atoms with E-state index in [1.165, 1.54) is 25.7 Å². The molecule has 1 fully saturated rings. The van der Waals surface area contributed by atoms with E-state index in [1.807, 2.05) is 12.1 Å². The molecule has 0 amide bonds. The van der Waals surface area contributed by atoms with Crippen molar-refractivity contribution in [1.82, 2.24) is 4.57 Å². The monoisotopic (exact) mass is 326 g/mol. The molecule has 1 saturated carbocycles. The van der Waals surface area contributed by atoms with Crippen molar-refractivity contribution < 1.29 is 0 Å². The number of benzene rings is 1. The van der Waals surface area contributed by atoms with Gasteiger partial charge in [0.1, 0.15) is 0 Å². The van der Waals surface area contributed by atoms with E-state index in [1.54, 1.807) is 17.4 Å². The van der Waals surface area contributed by atoms with Gasteiger partial charge in [0.05, 0.1) is 15.7 Å². The zero-order valence-corrected chi connectivity index (χ0v) is 13.4. The Morgan fingerprint density at radius 1 is 1.20 bits per heavy atom. The molecule has 0 saturated heterocycles. The molecule has 0 unspecified atom stereocenters. The fraction of sp³-hybridized carbons (Fsp3) is 0.400. The van der Waals surface area contributed by atoms with Gasteiger partial charge in [-0.25, -0.2) is 4.99 Å². The fourth-order valence-corrected chi connectivity index (χ4v) is 3.71. The number of halogens is 2. The highest BCUT2D eigenvalue weighted by molar-refractivity contribution is 7.07. The van der Waals surface area contributed by atoms with Gasteiger partial charge >= 0.3 is 0 Å². The quantitative estimate of drug-likeness (QED) is 0.730. The Hall–Kier alpha value is -0.770. The fourth-order valence-electron chi connectivity index (χ4n) is 2.66. The van der Waals surface area contributed by atoms with Gasteiger partial charge in [-0.05, 0) is 37.0 Å². The average Bonchev–Trinajstić information content (AvgIpc) is 3.07. The maximum Gasteiger partial charge on any atom is 0.189 e. The summed E-state index contributed by atoms with van der Waals surface area (Å²) in [5.41, 5.74) is 0.849. The van der Waals surface area contributed by atoms with Gasteiger partial charge in [0.2, 0.25) is 0 Å². The standard InChI is InChI=1S/C15H16Cl2N2S/c16-13-6-5-12(9-14(13)17)18-15-19(7-8-20-15)10-11-3-1-2-4-11/h5-9,11H,1-4,10H2. The molecule has 0 atom stereocenters. The topological polar surface area (TPSA) is 17.3 Å². The van der Waals surface area contributed by atoms with Gasteiger partial charge in [0.15, 0.2) is 4.80 Å². The molecule has 2 nitrogen and oxygen atoms in total. The molecule has 1 aromatic heterocycles. The first-order chi connectivity index (χ1) is 9.72. The van der Waals surface area contributed by atoms with Crippen LogP contribution in [0.4, 0.5) is 5.69 Å². The van der Waals surface area contributed by atoms with Crippen LogP contribution in [0.15, 0.2) is 34.8 Å². The summed E-state index contributed by atoms with van der Waals surface area (Å²) >= 11 is 13.6. The number of hydrogen-bond donors (Lipinski definition) is 0. The second-order valence-corrected chi connectivity index (χ2v) is 6.89. The lowest BCUT2D eigenvalue weighted by Crippen LogP contribution is -2.18. The van der Waals surface area contributed by atoms with Crippen molar-refractivity contribution in [2.45, 2.75) is 32.2 Å². The maximum absolute atomic E-state index is 6.04. The first-order valence-electron chi connectivity index (χ1n) is 6.86. The van der Waals surface area contributed by atoms with E-state index in [0.29, 0.717) is 10.0 Å². The highest BCUT2D eigenvalue weighted by Crippen LogP contribution is 2.27. The Bertz CT molecular complexity index is 654. The van der Waals surface area contributed by atoms with Crippen molar-refractivity contribution in [3.63, 3.8) is 0 Å². The van der Waals surface area contributed by atoms with E-state index in [9.17, 15) is 0 Å². The smallest absolute Gasteiger partial charge is 0.189 e. The third kappa shape index (κ3) is 3.27. The summed E-state index contributed by atoms with van der Waals surface area (Å²) in [4.78, 5) is 5.71. The van der Waals surface area contributed by atoms with Gasteiger partial charge in [-0.1, -0.05) is 36.0 Å². The molecule has 1 heterocycles. The molecule has 0 radical (unpaired) electrons. The molecule has 0 spiro atoms. The van der Waals surface area contributed by atoms with Crippen LogP contribution in [0.5, 0.6) is 0 Å². The first-order valence-corrected chi connectivity index (χ1v) is 8.49. The van der Waals surface area contributed by atoms with Crippen molar-refractivity contribution in [1.29, 1.82) is 0 Å². The van der Waals surface area contributed by atoms with E-state index in [2.05, 4.69) is 21.1 Å². The molecule has 0 aliphatic heterocycles. The molecule has 0 N–H and O–H groups in total. The minimum absolute atomic E-state index is 0.548. The lowest BCUT2D eigenvalue weighted by atomic mass is 10.1. The predicted octanol–water partition coefficient (Wildman–Crippen LogP) is 5.28. The van der Waals surface area contributed by atoms with E-state index >= 15 is 0 Å². The molecule has 1 aliphatic carbocycles. The Morgan fingerprint density at radius 2 is 2.00 bits per heavy atom. The van der Waals surface area contributed by atoms with E-state index in [0.717, 1.165) is 23.0 Å². The molecular formula is C15H16Cl2N2S. The van der Waals surface area contributed by atoms with Crippen molar-refractivity contribution in [3.05, 3.63) is 44.6 Å². The second-order valence-electron chi connectivity index (χ2n) is 5.20. The van der Waals surface area contributed by atoms with Gasteiger partial charge in [0.25, 0.3) is 0 Å². The molecule has 1 aromatic carbocycles. The van der Waals surface area contributed by atoms with Crippen LogP contribution in [0.25, 0.3) is 0 Å². The van der Waals surface area contributed by atoms with Gasteiger partial charge in [0, 0.05) is 18.1 Å². The summed E-state index contributed by atoms with van der Waals surface area (Å²) in [7, 11) is 0. The normalized spacial score (nSPS) is 17.0. The Balaban J connectivity index is 1.87.